The van der Waals surface area contributed by atoms with E-state index >= 15 is 0 Å². The molecule has 0 heterocycles. The minimum absolute atomic E-state index is 0.743. The summed E-state index contributed by atoms with van der Waals surface area (Å²) < 4.78 is 0. The summed E-state index contributed by atoms with van der Waals surface area (Å²) in [5.41, 5.74) is 1.54. The van der Waals surface area contributed by atoms with Crippen LogP contribution in [-0.2, 0) is 0 Å². The molecule has 0 N–H and O–H groups in total. The molecule has 0 nitrogen and oxygen atoms in total. The van der Waals surface area contributed by atoms with Crippen LogP contribution in [0.5, 0.6) is 0 Å². The van der Waals surface area contributed by atoms with Crippen molar-refractivity contribution in [3.05, 3.63) is 0 Å². The van der Waals surface area contributed by atoms with Crippen LogP contribution in [0.1, 0.15) is 59.3 Å². The van der Waals surface area contributed by atoms with Crippen LogP contribution in [0.25, 0.3) is 0 Å². The van der Waals surface area contributed by atoms with E-state index in [2.05, 4.69) is 20.8 Å². The average Bonchev–Trinajstić information content (AvgIpc) is 2.58. The molecule has 0 aromatic carbocycles. The maximum absolute atomic E-state index is 2.52. The molecule has 0 spiro atoms. The molecule has 2 aliphatic rings. The first-order valence-electron chi connectivity index (χ1n) is 5.62. The predicted molar refractivity (Wildman–Crippen MR) is 53.1 cm³/mol. The molecule has 2 saturated carbocycles. The van der Waals surface area contributed by atoms with Gasteiger partial charge in [-0.05, 0) is 36.0 Å². The van der Waals surface area contributed by atoms with Crippen molar-refractivity contribution in [3.8, 4) is 0 Å². The Morgan fingerprint density at radius 1 is 1.17 bits per heavy atom. The van der Waals surface area contributed by atoms with Gasteiger partial charge in [0.05, 0.1) is 0 Å². The lowest BCUT2D eigenvalue weighted by atomic mass is 9.59. The standard InChI is InChI=1S/C12H22/c1-4-5-6-7-11(2)8-10-9-12(10,11)3/h10H,4-9H2,1-3H3. The van der Waals surface area contributed by atoms with Gasteiger partial charge in [0.25, 0.3) is 0 Å². The van der Waals surface area contributed by atoms with Gasteiger partial charge in [-0.1, -0.05) is 40.0 Å². The van der Waals surface area contributed by atoms with Crippen molar-refractivity contribution in [3.63, 3.8) is 0 Å². The summed E-state index contributed by atoms with van der Waals surface area (Å²) in [6.07, 6.45) is 8.85. The second-order valence-electron chi connectivity index (χ2n) is 5.54. The van der Waals surface area contributed by atoms with Crippen molar-refractivity contribution in [2.75, 3.05) is 0 Å². The number of rotatable bonds is 4. The molecule has 0 saturated heterocycles. The van der Waals surface area contributed by atoms with Gasteiger partial charge < -0.3 is 0 Å². The van der Waals surface area contributed by atoms with E-state index in [0.29, 0.717) is 0 Å². The lowest BCUT2D eigenvalue weighted by Gasteiger charge is -2.46. The Morgan fingerprint density at radius 3 is 2.33 bits per heavy atom. The maximum Gasteiger partial charge on any atom is -0.0240 e. The number of hydrogen-bond donors (Lipinski definition) is 0. The smallest absolute Gasteiger partial charge is 0.0240 e. The highest BCUT2D eigenvalue weighted by molar-refractivity contribution is 5.19. The molecule has 0 amide bonds. The predicted octanol–water partition coefficient (Wildman–Crippen LogP) is 4.00. The zero-order valence-electron chi connectivity index (χ0n) is 8.82. The van der Waals surface area contributed by atoms with Crippen LogP contribution in [0.15, 0.2) is 0 Å². The normalized spacial score (nSPS) is 49.8. The van der Waals surface area contributed by atoms with Gasteiger partial charge in [-0.2, -0.15) is 0 Å². The Hall–Kier alpha value is 0. The highest BCUT2D eigenvalue weighted by Crippen LogP contribution is 2.78. The van der Waals surface area contributed by atoms with Gasteiger partial charge in [0, 0.05) is 0 Å². The van der Waals surface area contributed by atoms with E-state index < -0.39 is 0 Å². The first-order chi connectivity index (χ1) is 5.62. The highest BCUT2D eigenvalue weighted by atomic mass is 14.7. The van der Waals surface area contributed by atoms with E-state index in [1.54, 1.807) is 0 Å². The molecule has 3 unspecified atom stereocenters. The van der Waals surface area contributed by atoms with Crippen molar-refractivity contribution in [1.82, 2.24) is 0 Å². The van der Waals surface area contributed by atoms with Gasteiger partial charge in [0.1, 0.15) is 0 Å². The Bertz CT molecular complexity index is 184. The molecular weight excluding hydrogens is 144 g/mol. The SMILES string of the molecule is CCCCCC1(C)CC2CC21C. The number of hydrogen-bond acceptors (Lipinski definition) is 0. The third kappa shape index (κ3) is 0.963. The van der Waals surface area contributed by atoms with E-state index in [9.17, 15) is 0 Å². The lowest BCUT2D eigenvalue weighted by Crippen LogP contribution is -2.37. The average molecular weight is 166 g/mol. The molecule has 0 heteroatoms. The summed E-state index contributed by atoms with van der Waals surface area (Å²) in [6.45, 7) is 7.32. The van der Waals surface area contributed by atoms with E-state index in [1.165, 1.54) is 38.5 Å². The molecule has 2 rings (SSSR count). The Kier molecular flexibility index (Phi) is 1.79. The molecule has 0 aromatic heterocycles. The minimum Gasteiger partial charge on any atom is -0.0654 e. The van der Waals surface area contributed by atoms with Gasteiger partial charge in [-0.15, -0.1) is 0 Å². The van der Waals surface area contributed by atoms with Crippen LogP contribution in [-0.4, -0.2) is 0 Å². The summed E-state index contributed by atoms with van der Waals surface area (Å²) in [6, 6.07) is 0. The van der Waals surface area contributed by atoms with Gasteiger partial charge >= 0.3 is 0 Å². The van der Waals surface area contributed by atoms with Gasteiger partial charge in [-0.25, -0.2) is 0 Å². The van der Waals surface area contributed by atoms with Crippen molar-refractivity contribution >= 4 is 0 Å². The fourth-order valence-electron chi connectivity index (χ4n) is 3.29. The Labute approximate surface area is 76.7 Å². The first-order valence-corrected chi connectivity index (χ1v) is 5.62. The largest absolute Gasteiger partial charge is 0.0654 e. The van der Waals surface area contributed by atoms with Crippen molar-refractivity contribution in [2.24, 2.45) is 16.7 Å². The maximum atomic E-state index is 2.52. The first kappa shape index (κ1) is 8.59. The zero-order chi connectivity index (χ0) is 8.82. The fourth-order valence-corrected chi connectivity index (χ4v) is 3.29. The third-order valence-electron chi connectivity index (χ3n) is 4.82. The van der Waals surface area contributed by atoms with Crippen LogP contribution in [0, 0.1) is 16.7 Å². The summed E-state index contributed by atoms with van der Waals surface area (Å²) in [5.74, 6) is 1.13. The molecule has 12 heavy (non-hydrogen) atoms. The molecular formula is C12H22. The second kappa shape index (κ2) is 2.49. The van der Waals surface area contributed by atoms with Crippen LogP contribution in [0.3, 0.4) is 0 Å². The van der Waals surface area contributed by atoms with Gasteiger partial charge in [0.15, 0.2) is 0 Å². The summed E-state index contributed by atoms with van der Waals surface area (Å²) in [5, 5.41) is 0. The summed E-state index contributed by atoms with van der Waals surface area (Å²) in [4.78, 5) is 0. The number of fused-ring (bicyclic) bond motifs is 1. The molecule has 3 atom stereocenters. The van der Waals surface area contributed by atoms with E-state index in [4.69, 9.17) is 0 Å². The summed E-state index contributed by atoms with van der Waals surface area (Å²) >= 11 is 0. The molecule has 0 radical (unpaired) electrons. The van der Waals surface area contributed by atoms with Crippen molar-refractivity contribution < 1.29 is 0 Å². The summed E-state index contributed by atoms with van der Waals surface area (Å²) in [7, 11) is 0. The monoisotopic (exact) mass is 166 g/mol. The molecule has 0 aromatic rings. The topological polar surface area (TPSA) is 0 Å². The number of unbranched alkanes of at least 4 members (excludes halogenated alkanes) is 2. The van der Waals surface area contributed by atoms with Gasteiger partial charge in [-0.3, -0.25) is 0 Å². The minimum atomic E-state index is 0.743. The van der Waals surface area contributed by atoms with Crippen molar-refractivity contribution in [1.29, 1.82) is 0 Å². The van der Waals surface area contributed by atoms with Crippen LogP contribution < -0.4 is 0 Å². The zero-order valence-corrected chi connectivity index (χ0v) is 8.82. The molecule has 0 bridgehead atoms. The Morgan fingerprint density at radius 2 is 1.92 bits per heavy atom. The van der Waals surface area contributed by atoms with E-state index in [-0.39, 0.29) is 0 Å². The lowest BCUT2D eigenvalue weighted by molar-refractivity contribution is 0.0370. The van der Waals surface area contributed by atoms with Crippen molar-refractivity contribution in [2.45, 2.75) is 59.3 Å². The Balaban J connectivity index is 1.80. The molecule has 0 aliphatic heterocycles. The molecule has 2 aliphatic carbocycles. The van der Waals surface area contributed by atoms with Crippen LogP contribution >= 0.6 is 0 Å². The molecule has 70 valence electrons. The van der Waals surface area contributed by atoms with E-state index in [0.717, 1.165) is 16.7 Å². The van der Waals surface area contributed by atoms with Crippen LogP contribution in [0.2, 0.25) is 0 Å². The fraction of sp³-hybridized carbons (Fsp3) is 1.00. The highest BCUT2D eigenvalue weighted by Gasteiger charge is 2.70. The van der Waals surface area contributed by atoms with E-state index in [1.807, 2.05) is 0 Å². The quantitative estimate of drug-likeness (QED) is 0.554. The molecule has 2 fully saturated rings. The van der Waals surface area contributed by atoms with Gasteiger partial charge in [0.2, 0.25) is 0 Å². The second-order valence-corrected chi connectivity index (χ2v) is 5.54. The third-order valence-corrected chi connectivity index (χ3v) is 4.82. The van der Waals surface area contributed by atoms with Crippen LogP contribution in [0.4, 0.5) is 0 Å².